The Kier molecular flexibility index (Phi) is 7.39. The molecule has 2 aromatic heterocycles. The number of morpholine rings is 1. The van der Waals surface area contributed by atoms with Crippen LogP contribution in [-0.4, -0.2) is 65.0 Å². The van der Waals surface area contributed by atoms with E-state index in [0.29, 0.717) is 13.1 Å². The molecule has 172 valence electrons. The topological polar surface area (TPSA) is 92.7 Å². The highest BCUT2D eigenvalue weighted by atomic mass is 16.5. The maximum Gasteiger partial charge on any atom is 0.192 e. The molecular formula is C23H33N7O2. The maximum atomic E-state index is 6.05. The fourth-order valence-corrected chi connectivity index (χ4v) is 3.80. The van der Waals surface area contributed by atoms with Crippen molar-refractivity contribution in [2.45, 2.75) is 33.4 Å². The van der Waals surface area contributed by atoms with E-state index in [2.05, 4.69) is 38.7 Å². The third-order valence-electron chi connectivity index (χ3n) is 5.97. The first-order valence-corrected chi connectivity index (χ1v) is 11.3. The first-order chi connectivity index (χ1) is 15.6. The number of furan rings is 1. The Bertz CT molecular complexity index is 1050. The molecule has 3 heterocycles. The Labute approximate surface area is 188 Å². The molecule has 0 amide bonds. The summed E-state index contributed by atoms with van der Waals surface area (Å²) in [5.74, 6) is 3.37. The fraction of sp³-hybridized carbons (Fsp3) is 0.522. The van der Waals surface area contributed by atoms with Gasteiger partial charge in [0.2, 0.25) is 0 Å². The van der Waals surface area contributed by atoms with E-state index in [1.807, 2.05) is 36.7 Å². The van der Waals surface area contributed by atoms with E-state index in [9.17, 15) is 0 Å². The first kappa shape index (κ1) is 22.3. The van der Waals surface area contributed by atoms with Gasteiger partial charge in [0.25, 0.3) is 0 Å². The molecule has 0 saturated carbocycles. The van der Waals surface area contributed by atoms with Crippen molar-refractivity contribution in [3.63, 3.8) is 0 Å². The molecule has 4 rings (SSSR count). The lowest BCUT2D eigenvalue weighted by Gasteiger charge is -2.26. The van der Waals surface area contributed by atoms with Gasteiger partial charge in [0, 0.05) is 37.6 Å². The Morgan fingerprint density at radius 2 is 1.94 bits per heavy atom. The van der Waals surface area contributed by atoms with Gasteiger partial charge in [-0.25, -0.2) is 4.99 Å². The summed E-state index contributed by atoms with van der Waals surface area (Å²) in [6.45, 7) is 10.6. The van der Waals surface area contributed by atoms with Crippen molar-refractivity contribution in [3.05, 3.63) is 47.2 Å². The van der Waals surface area contributed by atoms with Crippen LogP contribution in [0.1, 0.15) is 29.4 Å². The van der Waals surface area contributed by atoms with Crippen LogP contribution in [-0.2, 0) is 24.9 Å². The third kappa shape index (κ3) is 5.46. The van der Waals surface area contributed by atoms with Crippen LogP contribution in [0.25, 0.3) is 11.0 Å². The zero-order valence-corrected chi connectivity index (χ0v) is 19.2. The monoisotopic (exact) mass is 439 g/mol. The number of nitrogens with zero attached hydrogens (tertiary/aromatic N) is 5. The summed E-state index contributed by atoms with van der Waals surface area (Å²) in [5, 5.41) is 16.4. The molecule has 9 nitrogen and oxygen atoms in total. The number of aryl methyl sites for hydroxylation is 2. The Balaban J connectivity index is 1.38. The summed E-state index contributed by atoms with van der Waals surface area (Å²) in [7, 11) is 1.96. The van der Waals surface area contributed by atoms with Crippen LogP contribution in [0.2, 0.25) is 0 Å². The van der Waals surface area contributed by atoms with Crippen LogP contribution in [0.5, 0.6) is 0 Å². The molecule has 0 bridgehead atoms. The lowest BCUT2D eigenvalue weighted by molar-refractivity contribution is 0.0376. The van der Waals surface area contributed by atoms with Gasteiger partial charge in [-0.3, -0.25) is 4.90 Å². The van der Waals surface area contributed by atoms with Crippen molar-refractivity contribution < 1.29 is 9.15 Å². The molecule has 2 N–H and O–H groups in total. The summed E-state index contributed by atoms with van der Waals surface area (Å²) >= 11 is 0. The second-order valence-corrected chi connectivity index (χ2v) is 8.12. The van der Waals surface area contributed by atoms with Gasteiger partial charge in [-0.2, -0.15) is 0 Å². The second kappa shape index (κ2) is 10.6. The van der Waals surface area contributed by atoms with Crippen LogP contribution < -0.4 is 10.6 Å². The minimum Gasteiger partial charge on any atom is -0.459 e. The number of hydrogen-bond acceptors (Lipinski definition) is 6. The predicted molar refractivity (Wildman–Crippen MR) is 125 cm³/mol. The lowest BCUT2D eigenvalue weighted by Crippen LogP contribution is -2.40. The van der Waals surface area contributed by atoms with Gasteiger partial charge < -0.3 is 24.4 Å². The molecule has 1 aromatic carbocycles. The zero-order valence-electron chi connectivity index (χ0n) is 19.2. The predicted octanol–water partition coefficient (Wildman–Crippen LogP) is 2.14. The minimum absolute atomic E-state index is 0.454. The quantitative estimate of drug-likeness (QED) is 0.316. The third-order valence-corrected chi connectivity index (χ3v) is 5.97. The summed E-state index contributed by atoms with van der Waals surface area (Å²) in [5.41, 5.74) is 2.07. The number of fused-ring (bicyclic) bond motifs is 1. The number of rotatable bonds is 8. The van der Waals surface area contributed by atoms with Gasteiger partial charge in [-0.1, -0.05) is 18.2 Å². The molecule has 0 atom stereocenters. The second-order valence-electron chi connectivity index (χ2n) is 8.12. The van der Waals surface area contributed by atoms with Gasteiger partial charge in [0.05, 0.1) is 19.8 Å². The molecule has 0 unspecified atom stereocenters. The standard InChI is InChI=1S/C23H33N7O2/c1-17-19-7-4-5-8-20(19)32-21(17)15-25-23(26-16-22-28-27-18(2)29(22)3)24-9-6-10-30-11-13-31-14-12-30/h4-5,7-8H,6,9-16H2,1-3H3,(H2,24,25,26). The molecule has 9 heteroatoms. The number of nitrogens with one attached hydrogen (secondary N) is 2. The molecule has 1 saturated heterocycles. The number of ether oxygens (including phenoxy) is 1. The molecule has 1 fully saturated rings. The van der Waals surface area contributed by atoms with Crippen molar-refractivity contribution in [2.75, 3.05) is 39.4 Å². The normalized spacial score (nSPS) is 15.4. The van der Waals surface area contributed by atoms with E-state index < -0.39 is 0 Å². The molecule has 0 aliphatic carbocycles. The highest BCUT2D eigenvalue weighted by Gasteiger charge is 2.12. The molecule has 3 aromatic rings. The van der Waals surface area contributed by atoms with Crippen molar-refractivity contribution >= 4 is 16.9 Å². The number of aromatic nitrogens is 3. The summed E-state index contributed by atoms with van der Waals surface area (Å²) in [4.78, 5) is 7.19. The van der Waals surface area contributed by atoms with Crippen molar-refractivity contribution in [1.29, 1.82) is 0 Å². The van der Waals surface area contributed by atoms with Gasteiger partial charge >= 0.3 is 0 Å². The minimum atomic E-state index is 0.454. The number of hydrogen-bond donors (Lipinski definition) is 2. The fourth-order valence-electron chi connectivity index (χ4n) is 3.80. The number of guanidine groups is 1. The SMILES string of the molecule is Cc1c(CNC(=NCc2nnc(C)n2C)NCCCN2CCOCC2)oc2ccccc12. The smallest absolute Gasteiger partial charge is 0.192 e. The Morgan fingerprint density at radius 3 is 2.69 bits per heavy atom. The summed E-state index contributed by atoms with van der Waals surface area (Å²) < 4.78 is 13.4. The van der Waals surface area contributed by atoms with Gasteiger partial charge in [-0.05, 0) is 32.9 Å². The maximum absolute atomic E-state index is 6.05. The molecule has 0 radical (unpaired) electrons. The average Bonchev–Trinajstić information content (AvgIpc) is 3.32. The van der Waals surface area contributed by atoms with Crippen molar-refractivity contribution in [2.24, 2.45) is 12.0 Å². The van der Waals surface area contributed by atoms with Crippen LogP contribution in [0.3, 0.4) is 0 Å². The van der Waals surface area contributed by atoms with E-state index in [4.69, 9.17) is 14.1 Å². The molecule has 1 aliphatic heterocycles. The molecule has 0 spiro atoms. The molecule has 1 aliphatic rings. The van der Waals surface area contributed by atoms with Crippen molar-refractivity contribution in [1.82, 2.24) is 30.3 Å². The summed E-state index contributed by atoms with van der Waals surface area (Å²) in [6, 6.07) is 8.12. The highest BCUT2D eigenvalue weighted by molar-refractivity contribution is 5.83. The van der Waals surface area contributed by atoms with Crippen LogP contribution in [0.15, 0.2) is 33.7 Å². The number of aliphatic imine (C=N–C) groups is 1. The summed E-state index contributed by atoms with van der Waals surface area (Å²) in [6.07, 6.45) is 1.04. The highest BCUT2D eigenvalue weighted by Crippen LogP contribution is 2.24. The Hall–Kier alpha value is -2.91. The molecular weight excluding hydrogens is 406 g/mol. The van der Waals surface area contributed by atoms with Gasteiger partial charge in [0.15, 0.2) is 11.8 Å². The van der Waals surface area contributed by atoms with Crippen LogP contribution in [0, 0.1) is 13.8 Å². The Morgan fingerprint density at radius 1 is 1.12 bits per heavy atom. The van der Waals surface area contributed by atoms with E-state index in [0.717, 1.165) is 85.7 Å². The molecule has 32 heavy (non-hydrogen) atoms. The first-order valence-electron chi connectivity index (χ1n) is 11.3. The van der Waals surface area contributed by atoms with Gasteiger partial charge in [-0.15, -0.1) is 10.2 Å². The van der Waals surface area contributed by atoms with E-state index in [1.54, 1.807) is 0 Å². The largest absolute Gasteiger partial charge is 0.459 e. The van der Waals surface area contributed by atoms with Gasteiger partial charge in [0.1, 0.15) is 23.7 Å². The van der Waals surface area contributed by atoms with Crippen molar-refractivity contribution in [3.8, 4) is 0 Å². The van der Waals surface area contributed by atoms with E-state index >= 15 is 0 Å². The van der Waals surface area contributed by atoms with Crippen LogP contribution >= 0.6 is 0 Å². The van der Waals surface area contributed by atoms with E-state index in [-0.39, 0.29) is 0 Å². The van der Waals surface area contributed by atoms with E-state index in [1.165, 1.54) is 0 Å². The average molecular weight is 440 g/mol. The number of para-hydroxylation sites is 1. The number of benzene rings is 1. The zero-order chi connectivity index (χ0) is 22.3. The lowest BCUT2D eigenvalue weighted by atomic mass is 10.1. The van der Waals surface area contributed by atoms with Crippen LogP contribution in [0.4, 0.5) is 0 Å².